The van der Waals surface area contributed by atoms with Gasteiger partial charge in [0.25, 0.3) is 5.56 Å². The third-order valence-electron chi connectivity index (χ3n) is 2.59. The third kappa shape index (κ3) is 2.42. The van der Waals surface area contributed by atoms with Crippen LogP contribution in [0.4, 0.5) is 0 Å². The molecule has 1 aromatic heterocycles. The van der Waals surface area contributed by atoms with Gasteiger partial charge < -0.3 is 5.32 Å². The summed E-state index contributed by atoms with van der Waals surface area (Å²) >= 11 is 1.09. The maximum atomic E-state index is 12.2. The minimum atomic E-state index is -0.244. The maximum absolute atomic E-state index is 12.2. The zero-order chi connectivity index (χ0) is 13.1. The zero-order valence-electron chi connectivity index (χ0n) is 10.1. The summed E-state index contributed by atoms with van der Waals surface area (Å²) < 4.78 is 1.97. The quantitative estimate of drug-likeness (QED) is 0.842. The summed E-state index contributed by atoms with van der Waals surface area (Å²) in [6, 6.07) is 7.15. The molecule has 4 nitrogen and oxygen atoms in total. The molecule has 0 unspecified atom stereocenters. The van der Waals surface area contributed by atoms with Crippen LogP contribution in [0.1, 0.15) is 0 Å². The number of rotatable bonds is 4. The van der Waals surface area contributed by atoms with E-state index < -0.39 is 0 Å². The van der Waals surface area contributed by atoms with E-state index >= 15 is 0 Å². The predicted octanol–water partition coefficient (Wildman–Crippen LogP) is 1.20. The molecule has 1 aromatic carbocycles. The van der Waals surface area contributed by atoms with Gasteiger partial charge >= 0.3 is 4.87 Å². The monoisotopic (exact) mass is 262 g/mol. The molecule has 0 bridgehead atoms. The smallest absolute Gasteiger partial charge is 0.310 e. The summed E-state index contributed by atoms with van der Waals surface area (Å²) in [5, 5.41) is 3.53. The van der Waals surface area contributed by atoms with E-state index in [4.69, 9.17) is 0 Å². The normalized spacial score (nSPS) is 10.7. The lowest BCUT2D eigenvalue weighted by Crippen LogP contribution is -2.32. The first kappa shape index (κ1) is 12.7. The van der Waals surface area contributed by atoms with E-state index in [0.29, 0.717) is 11.9 Å². The summed E-state index contributed by atoms with van der Waals surface area (Å²) in [6.45, 7) is 4.70. The van der Waals surface area contributed by atoms with Gasteiger partial charge in [-0.15, -0.1) is 0 Å². The summed E-state index contributed by atoms with van der Waals surface area (Å²) in [6.07, 6.45) is 0. The largest absolute Gasteiger partial charge is 0.316 e. The van der Waals surface area contributed by atoms with Crippen LogP contribution in [0.2, 0.25) is 0 Å². The Morgan fingerprint density at radius 3 is 2.83 bits per heavy atom. The van der Waals surface area contributed by atoms with Crippen molar-refractivity contribution in [2.45, 2.75) is 6.54 Å². The number of hydrogen-bond acceptors (Lipinski definition) is 4. The van der Waals surface area contributed by atoms with Crippen molar-refractivity contribution in [3.63, 3.8) is 0 Å². The third-order valence-corrected chi connectivity index (χ3v) is 3.56. The Hall–Kier alpha value is -1.72. The fourth-order valence-electron chi connectivity index (χ4n) is 1.78. The molecule has 0 radical (unpaired) electrons. The molecule has 0 fully saturated rings. The molecule has 0 spiro atoms. The Balaban J connectivity index is 2.55. The molecule has 0 amide bonds. The van der Waals surface area contributed by atoms with E-state index in [1.54, 1.807) is 25.2 Å². The van der Waals surface area contributed by atoms with E-state index in [1.165, 1.54) is 4.57 Å². The lowest BCUT2D eigenvalue weighted by Gasteiger charge is -2.07. The minimum absolute atomic E-state index is 0.240. The molecular weight excluding hydrogens is 248 g/mol. The second kappa shape index (κ2) is 5.29. The lowest BCUT2D eigenvalue weighted by atomic mass is 10.2. The van der Waals surface area contributed by atoms with E-state index in [2.05, 4.69) is 11.9 Å². The number of aromatic nitrogens is 1. The van der Waals surface area contributed by atoms with Crippen LogP contribution in [-0.2, 0) is 6.54 Å². The fraction of sp³-hybridized carbons (Fsp3) is 0.231. The van der Waals surface area contributed by atoms with Crippen molar-refractivity contribution in [3.05, 3.63) is 56.4 Å². The number of hydrogen-bond donors (Lipinski definition) is 1. The molecule has 18 heavy (non-hydrogen) atoms. The lowest BCUT2D eigenvalue weighted by molar-refractivity contribution is 0.706. The van der Waals surface area contributed by atoms with Crippen molar-refractivity contribution < 1.29 is 0 Å². The highest BCUT2D eigenvalue weighted by Crippen LogP contribution is 2.11. The van der Waals surface area contributed by atoms with Crippen LogP contribution in [0.5, 0.6) is 0 Å². The molecule has 0 aliphatic heterocycles. The molecule has 1 heterocycles. The van der Waals surface area contributed by atoms with Crippen LogP contribution in [0, 0.1) is 0 Å². The van der Waals surface area contributed by atoms with Crippen molar-refractivity contribution in [1.82, 2.24) is 9.88 Å². The molecule has 0 aliphatic rings. The van der Waals surface area contributed by atoms with Crippen LogP contribution < -0.4 is 15.7 Å². The van der Waals surface area contributed by atoms with Crippen molar-refractivity contribution in [2.24, 2.45) is 0 Å². The first-order valence-corrected chi connectivity index (χ1v) is 6.39. The van der Waals surface area contributed by atoms with Crippen molar-refractivity contribution in [2.75, 3.05) is 13.6 Å². The molecule has 2 rings (SSSR count). The number of benzene rings is 1. The Morgan fingerprint density at radius 1 is 1.39 bits per heavy atom. The Morgan fingerprint density at radius 2 is 2.11 bits per heavy atom. The summed E-state index contributed by atoms with van der Waals surface area (Å²) in [5.74, 6) is 0. The van der Waals surface area contributed by atoms with Crippen molar-refractivity contribution in [1.29, 1.82) is 0 Å². The van der Waals surface area contributed by atoms with Crippen LogP contribution in [0.25, 0.3) is 10.1 Å². The molecule has 1 N–H and O–H groups in total. The van der Waals surface area contributed by atoms with E-state index in [1.807, 2.05) is 6.07 Å². The Bertz CT molecular complexity index is 700. The van der Waals surface area contributed by atoms with Gasteiger partial charge in [0.15, 0.2) is 0 Å². The van der Waals surface area contributed by atoms with Crippen LogP contribution in [0.3, 0.4) is 0 Å². The van der Waals surface area contributed by atoms with Gasteiger partial charge in [-0.2, -0.15) is 0 Å². The zero-order valence-corrected chi connectivity index (χ0v) is 10.9. The van der Waals surface area contributed by atoms with E-state index in [9.17, 15) is 9.59 Å². The SMILES string of the molecule is C=C(CNC)Cn1c(=O)sc2ccccc2c1=O. The summed E-state index contributed by atoms with van der Waals surface area (Å²) in [4.78, 5) is 23.9. The Labute approximate surface area is 108 Å². The van der Waals surface area contributed by atoms with Crippen LogP contribution in [-0.4, -0.2) is 18.2 Å². The van der Waals surface area contributed by atoms with Gasteiger partial charge in [0.05, 0.1) is 11.9 Å². The fourth-order valence-corrected chi connectivity index (χ4v) is 2.63. The van der Waals surface area contributed by atoms with E-state index in [0.717, 1.165) is 21.6 Å². The van der Waals surface area contributed by atoms with Gasteiger partial charge in [-0.1, -0.05) is 30.0 Å². The molecule has 0 aliphatic carbocycles. The Kier molecular flexibility index (Phi) is 3.74. The number of nitrogens with zero attached hydrogens (tertiary/aromatic N) is 1. The number of nitrogens with one attached hydrogen (secondary N) is 1. The summed E-state index contributed by atoms with van der Waals surface area (Å²) in [5.41, 5.74) is 0.561. The average Bonchev–Trinajstić information content (AvgIpc) is 2.35. The van der Waals surface area contributed by atoms with Crippen LogP contribution in [0.15, 0.2) is 46.0 Å². The van der Waals surface area contributed by atoms with E-state index in [-0.39, 0.29) is 17.0 Å². The van der Waals surface area contributed by atoms with Gasteiger partial charge in [0.1, 0.15) is 0 Å². The molecule has 94 valence electrons. The highest BCUT2D eigenvalue weighted by atomic mass is 32.1. The standard InChI is InChI=1S/C13H14N2O2S/c1-9(7-14-2)8-15-12(16)10-5-3-4-6-11(10)18-13(15)17/h3-6,14H,1,7-8H2,2H3. The van der Waals surface area contributed by atoms with Crippen molar-refractivity contribution >= 4 is 21.4 Å². The predicted molar refractivity (Wildman–Crippen MR) is 75.4 cm³/mol. The minimum Gasteiger partial charge on any atom is -0.316 e. The second-order valence-electron chi connectivity index (χ2n) is 4.04. The van der Waals surface area contributed by atoms with Crippen LogP contribution >= 0.6 is 11.3 Å². The second-order valence-corrected chi connectivity index (χ2v) is 5.03. The molecule has 0 saturated heterocycles. The molecule has 5 heteroatoms. The first-order valence-electron chi connectivity index (χ1n) is 5.57. The maximum Gasteiger partial charge on any atom is 0.310 e. The number of likely N-dealkylation sites (N-methyl/N-ethyl adjacent to an activating group) is 1. The number of fused-ring (bicyclic) bond motifs is 1. The van der Waals surface area contributed by atoms with Crippen molar-refractivity contribution in [3.8, 4) is 0 Å². The molecule has 2 aromatic rings. The van der Waals surface area contributed by atoms with Gasteiger partial charge in [-0.25, -0.2) is 0 Å². The molecule has 0 atom stereocenters. The van der Waals surface area contributed by atoms with Gasteiger partial charge in [0.2, 0.25) is 0 Å². The molecular formula is C13H14N2O2S. The first-order chi connectivity index (χ1) is 8.63. The topological polar surface area (TPSA) is 51.1 Å². The van der Waals surface area contributed by atoms with Gasteiger partial charge in [-0.3, -0.25) is 14.2 Å². The van der Waals surface area contributed by atoms with Gasteiger partial charge in [0, 0.05) is 11.2 Å². The highest BCUT2D eigenvalue weighted by molar-refractivity contribution is 7.16. The average molecular weight is 262 g/mol. The summed E-state index contributed by atoms with van der Waals surface area (Å²) in [7, 11) is 1.80. The highest BCUT2D eigenvalue weighted by Gasteiger charge is 2.08. The molecule has 0 saturated carbocycles. The van der Waals surface area contributed by atoms with Gasteiger partial charge in [-0.05, 0) is 24.8 Å².